The first-order valence-corrected chi connectivity index (χ1v) is 6.29. The molecule has 1 fully saturated rings. The summed E-state index contributed by atoms with van der Waals surface area (Å²) in [5.74, 6) is -0.635. The number of carbonyl (C=O) groups excluding carboxylic acids is 2. The second-order valence-electron chi connectivity index (χ2n) is 3.95. The number of hydrogen-bond donors (Lipinski definition) is 1. The highest BCUT2D eigenvalue weighted by Gasteiger charge is 2.34. The molecule has 0 bridgehead atoms. The maximum atomic E-state index is 11.9. The lowest BCUT2D eigenvalue weighted by molar-refractivity contribution is -0.189. The predicted octanol–water partition coefficient (Wildman–Crippen LogP) is 1.17. The highest BCUT2D eigenvalue weighted by Crippen LogP contribution is 2.21. The number of alkyl halides is 2. The number of ether oxygens (including phenoxy) is 1. The molecule has 104 valence electrons. The monoisotopic (exact) mass is 291 g/mol. The van der Waals surface area contributed by atoms with E-state index in [9.17, 15) is 18.4 Å². The lowest BCUT2D eigenvalue weighted by Crippen LogP contribution is -2.55. The van der Waals surface area contributed by atoms with Gasteiger partial charge in [-0.25, -0.2) is 4.98 Å². The van der Waals surface area contributed by atoms with Crippen LogP contribution in [0.15, 0.2) is 5.38 Å². The summed E-state index contributed by atoms with van der Waals surface area (Å²) in [4.78, 5) is 28.0. The van der Waals surface area contributed by atoms with Crippen LogP contribution in [0.3, 0.4) is 0 Å². The van der Waals surface area contributed by atoms with Crippen molar-refractivity contribution in [3.8, 4) is 0 Å². The van der Waals surface area contributed by atoms with E-state index in [0.717, 1.165) is 11.3 Å². The Morgan fingerprint density at radius 2 is 2.26 bits per heavy atom. The number of likely N-dealkylation sites (tertiary alicyclic amines) is 1. The Morgan fingerprint density at radius 3 is 2.84 bits per heavy atom. The van der Waals surface area contributed by atoms with E-state index < -0.39 is 12.7 Å². The van der Waals surface area contributed by atoms with Crippen LogP contribution in [-0.2, 0) is 9.53 Å². The minimum atomic E-state index is -2.83. The topological polar surface area (TPSA) is 71.5 Å². The third kappa shape index (κ3) is 3.44. The van der Waals surface area contributed by atoms with Crippen LogP contribution in [0.4, 0.5) is 13.9 Å². The summed E-state index contributed by atoms with van der Waals surface area (Å²) in [6.45, 7) is -1.25. The third-order valence-corrected chi connectivity index (χ3v) is 3.19. The normalized spacial score (nSPS) is 15.5. The van der Waals surface area contributed by atoms with Gasteiger partial charge in [0, 0.05) is 25.4 Å². The molecule has 1 saturated heterocycles. The molecule has 1 N–H and O–H groups in total. The van der Waals surface area contributed by atoms with E-state index in [1.807, 2.05) is 0 Å². The summed E-state index contributed by atoms with van der Waals surface area (Å²) in [5, 5.41) is 4.30. The Morgan fingerprint density at radius 1 is 1.58 bits per heavy atom. The van der Waals surface area contributed by atoms with Gasteiger partial charge in [0.2, 0.25) is 5.91 Å². The number of aromatic nitrogens is 1. The summed E-state index contributed by atoms with van der Waals surface area (Å²) in [6.07, 6.45) is -0.627. The van der Waals surface area contributed by atoms with E-state index in [4.69, 9.17) is 0 Å². The predicted molar refractivity (Wildman–Crippen MR) is 63.2 cm³/mol. The molecule has 1 aliphatic heterocycles. The van der Waals surface area contributed by atoms with Gasteiger partial charge in [-0.1, -0.05) is 0 Å². The Bertz CT molecular complexity index is 488. The zero-order valence-corrected chi connectivity index (χ0v) is 10.7. The van der Waals surface area contributed by atoms with Gasteiger partial charge < -0.3 is 15.0 Å². The standard InChI is InChI=1S/C10H11F2N3O3S/c1-5(16)13-10-14-7(4-19-10)8(17)15-2-6(3-15)18-9(11)12/h4,6,9H,2-3H2,1H3,(H,13,14,16). The molecule has 1 aromatic heterocycles. The zero-order valence-electron chi connectivity index (χ0n) is 9.93. The quantitative estimate of drug-likeness (QED) is 0.903. The van der Waals surface area contributed by atoms with Crippen molar-refractivity contribution in [2.75, 3.05) is 18.4 Å². The van der Waals surface area contributed by atoms with Crippen LogP contribution in [0.2, 0.25) is 0 Å². The number of amides is 2. The number of nitrogens with zero attached hydrogens (tertiary/aromatic N) is 2. The fourth-order valence-electron chi connectivity index (χ4n) is 1.58. The fourth-order valence-corrected chi connectivity index (χ4v) is 2.31. The van der Waals surface area contributed by atoms with Crippen molar-refractivity contribution in [1.82, 2.24) is 9.88 Å². The molecule has 2 rings (SSSR count). The summed E-state index contributed by atoms with van der Waals surface area (Å²) in [5.41, 5.74) is 0.184. The van der Waals surface area contributed by atoms with Crippen molar-refractivity contribution in [2.24, 2.45) is 0 Å². The van der Waals surface area contributed by atoms with Crippen LogP contribution in [0.25, 0.3) is 0 Å². The minimum Gasteiger partial charge on any atom is -0.332 e. The van der Waals surface area contributed by atoms with E-state index in [1.54, 1.807) is 0 Å². The van der Waals surface area contributed by atoms with Crippen LogP contribution in [-0.4, -0.2) is 47.5 Å². The van der Waals surface area contributed by atoms with Gasteiger partial charge in [-0.3, -0.25) is 9.59 Å². The summed E-state index contributed by atoms with van der Waals surface area (Å²) >= 11 is 1.13. The molecule has 0 aliphatic carbocycles. The average molecular weight is 291 g/mol. The van der Waals surface area contributed by atoms with Crippen molar-refractivity contribution >= 4 is 28.3 Å². The van der Waals surface area contributed by atoms with Gasteiger partial charge in [-0.2, -0.15) is 8.78 Å². The molecule has 19 heavy (non-hydrogen) atoms. The van der Waals surface area contributed by atoms with Crippen LogP contribution < -0.4 is 5.32 Å². The molecule has 0 aromatic carbocycles. The molecule has 0 unspecified atom stereocenters. The number of hydrogen-bond acceptors (Lipinski definition) is 5. The second kappa shape index (κ2) is 5.57. The van der Waals surface area contributed by atoms with Gasteiger partial charge in [-0.05, 0) is 0 Å². The Balaban J connectivity index is 1.88. The summed E-state index contributed by atoms with van der Waals surface area (Å²) < 4.78 is 28.1. The largest absolute Gasteiger partial charge is 0.345 e. The number of rotatable bonds is 4. The van der Waals surface area contributed by atoms with Gasteiger partial charge in [0.25, 0.3) is 5.91 Å². The molecular weight excluding hydrogens is 280 g/mol. The molecule has 1 aliphatic rings. The SMILES string of the molecule is CC(=O)Nc1nc(C(=O)N2CC(OC(F)F)C2)cs1. The van der Waals surface area contributed by atoms with E-state index >= 15 is 0 Å². The lowest BCUT2D eigenvalue weighted by atomic mass is 10.1. The zero-order chi connectivity index (χ0) is 14.0. The molecule has 0 saturated carbocycles. The molecule has 2 heterocycles. The Labute approximate surface area is 111 Å². The van der Waals surface area contributed by atoms with Crippen molar-refractivity contribution in [1.29, 1.82) is 0 Å². The summed E-state index contributed by atoms with van der Waals surface area (Å²) in [7, 11) is 0. The van der Waals surface area contributed by atoms with Crippen LogP contribution in [0, 0.1) is 0 Å². The van der Waals surface area contributed by atoms with Gasteiger partial charge >= 0.3 is 6.61 Å². The van der Waals surface area contributed by atoms with Crippen molar-refractivity contribution in [2.45, 2.75) is 19.6 Å². The third-order valence-electron chi connectivity index (χ3n) is 2.44. The average Bonchev–Trinajstić information content (AvgIpc) is 2.69. The number of anilines is 1. The van der Waals surface area contributed by atoms with Gasteiger partial charge in [-0.15, -0.1) is 11.3 Å². The number of carbonyl (C=O) groups is 2. The smallest absolute Gasteiger partial charge is 0.332 e. The van der Waals surface area contributed by atoms with E-state index in [2.05, 4.69) is 15.0 Å². The Kier molecular flexibility index (Phi) is 4.05. The van der Waals surface area contributed by atoms with Gasteiger partial charge in [0.1, 0.15) is 5.69 Å². The molecule has 0 spiro atoms. The molecule has 1 aromatic rings. The van der Waals surface area contributed by atoms with Gasteiger partial charge in [0.05, 0.1) is 6.10 Å². The van der Waals surface area contributed by atoms with Crippen LogP contribution in [0.1, 0.15) is 17.4 Å². The number of thiazole rings is 1. The maximum absolute atomic E-state index is 11.9. The first kappa shape index (κ1) is 13.8. The van der Waals surface area contributed by atoms with Gasteiger partial charge in [0.15, 0.2) is 5.13 Å². The molecule has 0 radical (unpaired) electrons. The summed E-state index contributed by atoms with van der Waals surface area (Å²) in [6, 6.07) is 0. The molecular formula is C10H11F2N3O3S. The van der Waals surface area contributed by atoms with Crippen molar-refractivity contribution in [3.63, 3.8) is 0 Å². The highest BCUT2D eigenvalue weighted by molar-refractivity contribution is 7.14. The van der Waals surface area contributed by atoms with Crippen LogP contribution in [0.5, 0.6) is 0 Å². The fraction of sp³-hybridized carbons (Fsp3) is 0.500. The number of halogens is 2. The first-order valence-electron chi connectivity index (χ1n) is 5.41. The maximum Gasteiger partial charge on any atom is 0.345 e. The van der Waals surface area contributed by atoms with Crippen molar-refractivity contribution in [3.05, 3.63) is 11.1 Å². The molecule has 0 atom stereocenters. The molecule has 2 amide bonds. The Hall–Kier alpha value is -1.61. The lowest BCUT2D eigenvalue weighted by Gasteiger charge is -2.38. The minimum absolute atomic E-state index is 0.121. The van der Waals surface area contributed by atoms with Crippen LogP contribution >= 0.6 is 11.3 Å². The second-order valence-corrected chi connectivity index (χ2v) is 4.81. The van der Waals surface area contributed by atoms with E-state index in [1.165, 1.54) is 17.2 Å². The molecule has 9 heteroatoms. The van der Waals surface area contributed by atoms with E-state index in [-0.39, 0.29) is 30.6 Å². The van der Waals surface area contributed by atoms with E-state index in [0.29, 0.717) is 5.13 Å². The van der Waals surface area contributed by atoms with Crippen molar-refractivity contribution < 1.29 is 23.1 Å². The number of nitrogens with one attached hydrogen (secondary N) is 1. The highest BCUT2D eigenvalue weighted by atomic mass is 32.1. The first-order chi connectivity index (χ1) is 8.95. The molecule has 6 nitrogen and oxygen atoms in total.